The molecule has 138 valence electrons. The number of benzene rings is 3. The van der Waals surface area contributed by atoms with Gasteiger partial charge in [-0.2, -0.15) is 0 Å². The third-order valence-electron chi connectivity index (χ3n) is 4.79. The molecule has 0 unspecified atom stereocenters. The summed E-state index contributed by atoms with van der Waals surface area (Å²) >= 11 is 3.32. The zero-order valence-corrected chi connectivity index (χ0v) is 19.9. The summed E-state index contributed by atoms with van der Waals surface area (Å²) in [6.45, 7) is 9.20. The minimum atomic E-state index is -0.503. The SMILES string of the molecule is Cc1cc(C)cc(-c2c(C3=NC(C)(C)CO3)c([Te]Br)cc3ccccc23)c1. The number of hydrogen-bond acceptors (Lipinski definition) is 2. The van der Waals surface area contributed by atoms with Gasteiger partial charge in [-0.1, -0.05) is 0 Å². The average Bonchev–Trinajstić information content (AvgIpc) is 2.98. The van der Waals surface area contributed by atoms with E-state index < -0.39 is 18.7 Å². The van der Waals surface area contributed by atoms with Crippen LogP contribution < -0.4 is 3.61 Å². The predicted octanol–water partition coefficient (Wildman–Crippen LogP) is 5.32. The number of hydrogen-bond donors (Lipinski definition) is 0. The van der Waals surface area contributed by atoms with E-state index in [1.165, 1.54) is 42.2 Å². The Balaban J connectivity index is 2.12. The molecular weight excluding hydrogens is 514 g/mol. The number of aryl methyl sites for hydroxylation is 2. The van der Waals surface area contributed by atoms with Gasteiger partial charge in [-0.15, -0.1) is 0 Å². The van der Waals surface area contributed by atoms with Crippen LogP contribution in [0.5, 0.6) is 0 Å². The summed E-state index contributed by atoms with van der Waals surface area (Å²) in [6, 6.07) is 17.7. The van der Waals surface area contributed by atoms with Crippen LogP contribution in [0, 0.1) is 13.8 Å². The monoisotopic (exact) mass is 537 g/mol. The van der Waals surface area contributed by atoms with Crippen LogP contribution in [0.3, 0.4) is 0 Å². The summed E-state index contributed by atoms with van der Waals surface area (Å²) in [5, 5.41) is 2.53. The molecule has 1 aliphatic heterocycles. The van der Waals surface area contributed by atoms with Crippen LogP contribution in [0.1, 0.15) is 30.5 Å². The Hall–Kier alpha value is -1.34. The maximum absolute atomic E-state index is 6.12. The molecule has 1 heterocycles. The first-order valence-electron chi connectivity index (χ1n) is 9.04. The molecule has 0 aromatic heterocycles. The quantitative estimate of drug-likeness (QED) is 0.416. The molecule has 0 N–H and O–H groups in total. The number of nitrogens with zero attached hydrogens (tertiary/aromatic N) is 1. The van der Waals surface area contributed by atoms with E-state index in [4.69, 9.17) is 9.73 Å². The second-order valence-corrected chi connectivity index (χ2v) is 11.7. The molecule has 0 fully saturated rings. The van der Waals surface area contributed by atoms with E-state index in [2.05, 4.69) is 89.0 Å². The van der Waals surface area contributed by atoms with Crippen LogP contribution in [0.15, 0.2) is 53.5 Å². The van der Waals surface area contributed by atoms with E-state index >= 15 is 0 Å². The summed E-state index contributed by atoms with van der Waals surface area (Å²) in [7, 11) is 0. The third kappa shape index (κ3) is 3.68. The Morgan fingerprint density at radius 1 is 1.00 bits per heavy atom. The number of rotatable bonds is 3. The molecule has 0 saturated heterocycles. The summed E-state index contributed by atoms with van der Waals surface area (Å²) in [6.07, 6.45) is 0. The van der Waals surface area contributed by atoms with Gasteiger partial charge in [0.15, 0.2) is 0 Å². The van der Waals surface area contributed by atoms with Gasteiger partial charge in [0.25, 0.3) is 0 Å². The van der Waals surface area contributed by atoms with Crippen LogP contribution in [-0.4, -0.2) is 36.8 Å². The Kier molecular flexibility index (Phi) is 5.10. The molecule has 1 aliphatic rings. The van der Waals surface area contributed by atoms with Gasteiger partial charge in [0, 0.05) is 0 Å². The normalized spacial score (nSPS) is 15.7. The molecular formula is C23H22BrNOTe. The summed E-state index contributed by atoms with van der Waals surface area (Å²) in [5.41, 5.74) is 6.03. The molecule has 3 aromatic carbocycles. The van der Waals surface area contributed by atoms with Crippen LogP contribution in [0.4, 0.5) is 0 Å². The summed E-state index contributed by atoms with van der Waals surface area (Å²) in [5.74, 6) is 0.791. The summed E-state index contributed by atoms with van der Waals surface area (Å²) < 4.78 is 7.46. The van der Waals surface area contributed by atoms with E-state index in [1.807, 2.05) is 0 Å². The number of ether oxygens (including phenoxy) is 1. The van der Waals surface area contributed by atoms with Gasteiger partial charge in [0.05, 0.1) is 0 Å². The minimum absolute atomic E-state index is 0.176. The van der Waals surface area contributed by atoms with Crippen molar-refractivity contribution in [3.8, 4) is 11.1 Å². The Morgan fingerprint density at radius 2 is 1.70 bits per heavy atom. The Bertz CT molecular complexity index is 1050. The van der Waals surface area contributed by atoms with Crippen molar-refractivity contribution in [2.75, 3.05) is 6.61 Å². The molecule has 0 saturated carbocycles. The van der Waals surface area contributed by atoms with Crippen LogP contribution in [-0.2, 0) is 4.74 Å². The van der Waals surface area contributed by atoms with Crippen molar-refractivity contribution in [3.63, 3.8) is 0 Å². The molecule has 3 aromatic rings. The van der Waals surface area contributed by atoms with Crippen molar-refractivity contribution in [1.29, 1.82) is 0 Å². The number of aliphatic imine (C=N–C) groups is 1. The maximum atomic E-state index is 6.12. The zero-order chi connectivity index (χ0) is 19.2. The van der Waals surface area contributed by atoms with Crippen molar-refractivity contribution in [2.45, 2.75) is 33.2 Å². The molecule has 0 radical (unpaired) electrons. The predicted molar refractivity (Wildman–Crippen MR) is 120 cm³/mol. The molecule has 2 nitrogen and oxygen atoms in total. The van der Waals surface area contributed by atoms with Crippen molar-refractivity contribution in [2.24, 2.45) is 4.99 Å². The van der Waals surface area contributed by atoms with Crippen LogP contribution >= 0.6 is 12.8 Å². The van der Waals surface area contributed by atoms with Crippen molar-refractivity contribution >= 4 is 51.8 Å². The fourth-order valence-corrected chi connectivity index (χ4v) is 6.69. The molecule has 0 amide bonds. The van der Waals surface area contributed by atoms with E-state index in [1.54, 1.807) is 0 Å². The van der Waals surface area contributed by atoms with Crippen molar-refractivity contribution in [1.82, 2.24) is 0 Å². The van der Waals surface area contributed by atoms with Gasteiger partial charge in [-0.05, 0) is 0 Å². The first-order valence-corrected chi connectivity index (χ1v) is 15.4. The first kappa shape index (κ1) is 19.0. The zero-order valence-electron chi connectivity index (χ0n) is 16.0. The third-order valence-corrected chi connectivity index (χ3v) is 8.52. The van der Waals surface area contributed by atoms with Gasteiger partial charge < -0.3 is 0 Å². The van der Waals surface area contributed by atoms with E-state index in [0.29, 0.717) is 6.61 Å². The van der Waals surface area contributed by atoms with E-state index in [-0.39, 0.29) is 5.54 Å². The van der Waals surface area contributed by atoms with Crippen LogP contribution in [0.25, 0.3) is 21.9 Å². The fourth-order valence-electron chi connectivity index (χ4n) is 3.73. The van der Waals surface area contributed by atoms with Gasteiger partial charge in [0.1, 0.15) is 0 Å². The van der Waals surface area contributed by atoms with E-state index in [9.17, 15) is 0 Å². The topological polar surface area (TPSA) is 21.6 Å². The molecule has 0 aliphatic carbocycles. The van der Waals surface area contributed by atoms with Gasteiger partial charge in [0.2, 0.25) is 0 Å². The second kappa shape index (κ2) is 7.24. The Morgan fingerprint density at radius 3 is 2.33 bits per heavy atom. The summed E-state index contributed by atoms with van der Waals surface area (Å²) in [4.78, 5) is 4.93. The van der Waals surface area contributed by atoms with Gasteiger partial charge >= 0.3 is 178 Å². The molecule has 4 rings (SSSR count). The number of fused-ring (bicyclic) bond motifs is 1. The van der Waals surface area contributed by atoms with E-state index in [0.717, 1.165) is 5.90 Å². The fraction of sp³-hybridized carbons (Fsp3) is 0.261. The standard InChI is InChI=1S/C23H22BrNOTe/c1-14-9-15(2)11-17(10-14)20-18-8-6-5-7-16(18)12-19(27-24)21(20)22-25-23(3,4)13-26-22/h5-12H,13H2,1-4H3. The molecule has 0 bridgehead atoms. The molecule has 27 heavy (non-hydrogen) atoms. The Labute approximate surface area is 176 Å². The average molecular weight is 536 g/mol. The molecule has 0 atom stereocenters. The second-order valence-electron chi connectivity index (χ2n) is 7.82. The number of halogens is 1. The molecule has 4 heteroatoms. The van der Waals surface area contributed by atoms with Crippen molar-refractivity contribution < 1.29 is 4.74 Å². The molecule has 0 spiro atoms. The van der Waals surface area contributed by atoms with Crippen molar-refractivity contribution in [3.05, 3.63) is 65.2 Å². The van der Waals surface area contributed by atoms with Crippen LogP contribution in [0.2, 0.25) is 0 Å². The van der Waals surface area contributed by atoms with Gasteiger partial charge in [-0.3, -0.25) is 0 Å². The van der Waals surface area contributed by atoms with Gasteiger partial charge in [-0.25, -0.2) is 0 Å². The first-order chi connectivity index (χ1) is 12.9.